The number of nitrogens with zero attached hydrogens (tertiary/aromatic N) is 4. The van der Waals surface area contributed by atoms with Gasteiger partial charge in [-0.05, 0) is 29.6 Å². The third-order valence-electron chi connectivity index (χ3n) is 4.98. The fraction of sp³-hybridized carbons (Fsp3) is 0. The number of benzene rings is 1. The number of rotatable bonds is 3. The second-order valence-electron chi connectivity index (χ2n) is 6.71. The molecule has 0 aliphatic rings. The van der Waals surface area contributed by atoms with E-state index < -0.39 is 0 Å². The van der Waals surface area contributed by atoms with Gasteiger partial charge >= 0.3 is 0 Å². The fourth-order valence-corrected chi connectivity index (χ4v) is 4.39. The molecule has 0 aliphatic heterocycles. The van der Waals surface area contributed by atoms with Crippen molar-refractivity contribution in [2.45, 2.75) is 0 Å². The van der Waals surface area contributed by atoms with Crippen molar-refractivity contribution in [3.05, 3.63) is 72.6 Å². The van der Waals surface area contributed by atoms with Crippen LogP contribution in [0.1, 0.15) is 0 Å². The highest BCUT2D eigenvalue weighted by Crippen LogP contribution is 2.35. The number of thiophene rings is 1. The third-order valence-corrected chi connectivity index (χ3v) is 5.88. The van der Waals surface area contributed by atoms with Crippen LogP contribution in [0.5, 0.6) is 0 Å². The average molecular weight is 394 g/mol. The van der Waals surface area contributed by atoms with Crippen molar-refractivity contribution in [1.29, 1.82) is 0 Å². The highest BCUT2D eigenvalue weighted by Gasteiger charge is 2.15. The lowest BCUT2D eigenvalue weighted by Gasteiger charge is -2.00. The Bertz CT molecular complexity index is 1450. The van der Waals surface area contributed by atoms with Gasteiger partial charge in [0.2, 0.25) is 0 Å². The molecule has 138 valence electrons. The van der Waals surface area contributed by atoms with Crippen molar-refractivity contribution in [3.63, 3.8) is 0 Å². The lowest BCUT2D eigenvalue weighted by molar-refractivity contribution is 1.10. The molecule has 7 heteroatoms. The summed E-state index contributed by atoms with van der Waals surface area (Å²) in [6.07, 6.45) is 6.86. The van der Waals surface area contributed by atoms with Crippen LogP contribution < -0.4 is 0 Å². The van der Waals surface area contributed by atoms with Gasteiger partial charge in [0.05, 0.1) is 17.6 Å². The second-order valence-corrected chi connectivity index (χ2v) is 7.66. The van der Waals surface area contributed by atoms with Crippen molar-refractivity contribution in [3.8, 4) is 33.1 Å². The van der Waals surface area contributed by atoms with Crippen LogP contribution in [0.4, 0.5) is 0 Å². The zero-order chi connectivity index (χ0) is 19.2. The zero-order valence-corrected chi connectivity index (χ0v) is 15.9. The van der Waals surface area contributed by atoms with Gasteiger partial charge in [-0.2, -0.15) is 5.10 Å². The molecule has 0 aliphatic carbocycles. The number of aromatic amines is 2. The number of hydrogen-bond acceptors (Lipinski definition) is 5. The molecule has 0 spiro atoms. The van der Waals surface area contributed by atoms with Crippen molar-refractivity contribution in [2.24, 2.45) is 0 Å². The van der Waals surface area contributed by atoms with Crippen LogP contribution in [0, 0.1) is 0 Å². The van der Waals surface area contributed by atoms with E-state index in [1.165, 1.54) is 15.8 Å². The number of H-pyrrole nitrogens is 2. The maximum absolute atomic E-state index is 4.54. The Morgan fingerprint density at radius 2 is 1.90 bits per heavy atom. The van der Waals surface area contributed by atoms with E-state index in [9.17, 15) is 0 Å². The summed E-state index contributed by atoms with van der Waals surface area (Å²) in [6.45, 7) is 0. The number of hydrogen-bond donors (Lipinski definition) is 2. The van der Waals surface area contributed by atoms with E-state index in [1.807, 2.05) is 0 Å². The van der Waals surface area contributed by atoms with Crippen LogP contribution in [-0.2, 0) is 0 Å². The summed E-state index contributed by atoms with van der Waals surface area (Å²) in [6, 6.07) is 14.8. The predicted molar refractivity (Wildman–Crippen MR) is 116 cm³/mol. The lowest BCUT2D eigenvalue weighted by Crippen LogP contribution is -1.86. The summed E-state index contributed by atoms with van der Waals surface area (Å²) in [5.74, 6) is 0. The monoisotopic (exact) mass is 394 g/mol. The molecule has 5 aromatic heterocycles. The molecular formula is C22H14N6S. The van der Waals surface area contributed by atoms with Crippen molar-refractivity contribution < 1.29 is 0 Å². The average Bonchev–Trinajstić information content (AvgIpc) is 3.52. The van der Waals surface area contributed by atoms with Crippen molar-refractivity contribution in [1.82, 2.24) is 30.1 Å². The zero-order valence-electron chi connectivity index (χ0n) is 15.1. The number of pyridine rings is 1. The molecule has 0 fully saturated rings. The largest absolute Gasteiger partial charge is 0.353 e. The highest BCUT2D eigenvalue weighted by atomic mass is 32.1. The topological polar surface area (TPSA) is 83.1 Å². The van der Waals surface area contributed by atoms with Gasteiger partial charge in [-0.3, -0.25) is 15.1 Å². The minimum Gasteiger partial charge on any atom is -0.353 e. The van der Waals surface area contributed by atoms with Crippen LogP contribution in [0.2, 0.25) is 0 Å². The summed E-state index contributed by atoms with van der Waals surface area (Å²) in [5.41, 5.74) is 6.53. The molecule has 0 radical (unpaired) electrons. The van der Waals surface area contributed by atoms with E-state index >= 15 is 0 Å². The Kier molecular flexibility index (Phi) is 3.54. The standard InChI is InChI=1S/C22H14N6S/c1-3-14(20-5-2-8-29-20)15-10-18(26-17(15)4-1)21-16-9-13(11-25-22(16)28-27-21)19-12-23-6-7-24-19/h1-12,26H,(H,25,27,28). The van der Waals surface area contributed by atoms with Crippen LogP contribution in [0.25, 0.3) is 55.0 Å². The number of fused-ring (bicyclic) bond motifs is 2. The maximum Gasteiger partial charge on any atom is 0.155 e. The lowest BCUT2D eigenvalue weighted by atomic mass is 10.1. The SMILES string of the molecule is c1csc(-c2cccc3[nH]c(-c4n[nH]c5ncc(-c6cnccn6)cc45)cc23)c1. The summed E-state index contributed by atoms with van der Waals surface area (Å²) in [7, 11) is 0. The molecule has 6 nitrogen and oxygen atoms in total. The Morgan fingerprint density at radius 1 is 0.897 bits per heavy atom. The molecule has 0 amide bonds. The van der Waals surface area contributed by atoms with Crippen molar-refractivity contribution >= 4 is 33.3 Å². The first-order valence-electron chi connectivity index (χ1n) is 9.13. The molecule has 5 heterocycles. The first kappa shape index (κ1) is 16.1. The molecule has 2 N–H and O–H groups in total. The van der Waals surface area contributed by atoms with E-state index in [4.69, 9.17) is 0 Å². The Labute approximate surface area is 169 Å². The summed E-state index contributed by atoms with van der Waals surface area (Å²) < 4.78 is 0. The molecule has 0 atom stereocenters. The Morgan fingerprint density at radius 3 is 2.76 bits per heavy atom. The first-order valence-corrected chi connectivity index (χ1v) is 10.0. The molecular weight excluding hydrogens is 380 g/mol. The van der Waals surface area contributed by atoms with Gasteiger partial charge < -0.3 is 4.98 Å². The summed E-state index contributed by atoms with van der Waals surface area (Å²) >= 11 is 1.74. The van der Waals surface area contributed by atoms with Gasteiger partial charge in [0, 0.05) is 50.9 Å². The van der Waals surface area contributed by atoms with E-state index in [2.05, 4.69) is 78.0 Å². The quantitative estimate of drug-likeness (QED) is 0.427. The Hall–Kier alpha value is -3.84. The molecule has 1 aromatic carbocycles. The predicted octanol–water partition coefficient (Wildman–Crippen LogP) is 5.29. The van der Waals surface area contributed by atoms with Crippen molar-refractivity contribution in [2.75, 3.05) is 0 Å². The smallest absolute Gasteiger partial charge is 0.155 e. The van der Waals surface area contributed by atoms with Gasteiger partial charge in [-0.1, -0.05) is 18.2 Å². The molecule has 29 heavy (non-hydrogen) atoms. The normalized spacial score (nSPS) is 11.4. The number of nitrogens with one attached hydrogen (secondary N) is 2. The van der Waals surface area contributed by atoms with E-state index in [-0.39, 0.29) is 0 Å². The van der Waals surface area contributed by atoms with Gasteiger partial charge in [-0.15, -0.1) is 11.3 Å². The molecule has 0 unspecified atom stereocenters. The van der Waals surface area contributed by atoms with Gasteiger partial charge in [0.25, 0.3) is 0 Å². The molecule has 6 aromatic rings. The Balaban J connectivity index is 1.53. The van der Waals surface area contributed by atoms with Crippen LogP contribution in [-0.4, -0.2) is 30.1 Å². The first-order chi connectivity index (χ1) is 14.4. The van der Waals surface area contributed by atoms with E-state index in [1.54, 1.807) is 36.1 Å². The highest BCUT2D eigenvalue weighted by molar-refractivity contribution is 7.13. The minimum atomic E-state index is 0.741. The fourth-order valence-electron chi connectivity index (χ4n) is 3.63. The van der Waals surface area contributed by atoms with Crippen LogP contribution in [0.3, 0.4) is 0 Å². The second kappa shape index (κ2) is 6.35. The number of aromatic nitrogens is 6. The van der Waals surface area contributed by atoms with E-state index in [0.29, 0.717) is 0 Å². The van der Waals surface area contributed by atoms with E-state index in [0.717, 1.165) is 39.2 Å². The minimum absolute atomic E-state index is 0.741. The molecule has 0 bridgehead atoms. The molecule has 0 saturated heterocycles. The van der Waals surface area contributed by atoms with Crippen LogP contribution in [0.15, 0.2) is 72.6 Å². The maximum atomic E-state index is 4.54. The third kappa shape index (κ3) is 2.63. The van der Waals surface area contributed by atoms with Gasteiger partial charge in [-0.25, -0.2) is 4.98 Å². The molecule has 6 rings (SSSR count). The van der Waals surface area contributed by atoms with Gasteiger partial charge in [0.15, 0.2) is 5.65 Å². The molecule has 0 saturated carbocycles. The van der Waals surface area contributed by atoms with Gasteiger partial charge in [0.1, 0.15) is 5.69 Å². The summed E-state index contributed by atoms with van der Waals surface area (Å²) in [4.78, 5) is 17.8. The summed E-state index contributed by atoms with van der Waals surface area (Å²) in [5, 5.41) is 11.8. The van der Waals surface area contributed by atoms with Crippen LogP contribution >= 0.6 is 11.3 Å².